The standard InChI is InChI=1S/C16H23Cl2N3O3.C11H15Cl2N3O.ClH/c1-9-11(17)12(18)13(19-9)14(22)20-10-5-7-21(8-6-10)15(23)24-16(2,3)4;1-6-8(12)9(13)10(15-6)11(17)16-7-2-4-14-5-3-7;/h10,19H,5-8H2,1-4H3,(H,20,22);7,14-15H,2-5H2,1H3,(H,16,17);1H. The van der Waals surface area contributed by atoms with Gasteiger partial charge in [0.1, 0.15) is 17.0 Å². The molecule has 5 N–H and O–H groups in total. The number of rotatable bonds is 4. The van der Waals surface area contributed by atoms with Crippen molar-refractivity contribution in [3.05, 3.63) is 42.9 Å². The van der Waals surface area contributed by atoms with Gasteiger partial charge < -0.3 is 35.6 Å². The summed E-state index contributed by atoms with van der Waals surface area (Å²) in [6.07, 6.45) is 2.89. The van der Waals surface area contributed by atoms with E-state index >= 15 is 0 Å². The monoisotopic (exact) mass is 686 g/mol. The Labute approximate surface area is 272 Å². The van der Waals surface area contributed by atoms with Gasteiger partial charge in [0.05, 0.1) is 20.1 Å². The van der Waals surface area contributed by atoms with E-state index in [2.05, 4.69) is 25.9 Å². The zero-order chi connectivity index (χ0) is 30.5. The van der Waals surface area contributed by atoms with Crippen molar-refractivity contribution in [2.24, 2.45) is 0 Å². The molecule has 15 heteroatoms. The van der Waals surface area contributed by atoms with Crippen molar-refractivity contribution in [1.82, 2.24) is 30.8 Å². The Hall–Kier alpha value is -1.82. The number of piperidine rings is 2. The summed E-state index contributed by atoms with van der Waals surface area (Å²) < 4.78 is 5.36. The first-order chi connectivity index (χ1) is 19.2. The average molecular weight is 689 g/mol. The fourth-order valence-corrected chi connectivity index (χ4v) is 5.30. The first-order valence-corrected chi connectivity index (χ1v) is 15.1. The van der Waals surface area contributed by atoms with Crippen LogP contribution < -0.4 is 16.0 Å². The summed E-state index contributed by atoms with van der Waals surface area (Å²) in [5.74, 6) is -0.470. The molecular weight excluding hydrogens is 650 g/mol. The second-order valence-corrected chi connectivity index (χ2v) is 12.7. The lowest BCUT2D eigenvalue weighted by Crippen LogP contribution is -2.47. The predicted octanol–water partition coefficient (Wildman–Crippen LogP) is 6.29. The second kappa shape index (κ2) is 15.8. The third kappa shape index (κ3) is 9.86. The molecule has 2 aromatic rings. The Kier molecular flexibility index (Phi) is 13.7. The fourth-order valence-electron chi connectivity index (χ4n) is 4.47. The zero-order valence-electron chi connectivity index (χ0n) is 24.3. The molecular formula is C27H39Cl5N6O4. The molecule has 2 fully saturated rings. The lowest BCUT2D eigenvalue weighted by atomic mass is 10.1. The van der Waals surface area contributed by atoms with Crippen molar-refractivity contribution in [3.8, 4) is 0 Å². The lowest BCUT2D eigenvalue weighted by molar-refractivity contribution is 0.0199. The quantitative estimate of drug-likeness (QED) is 0.258. The number of carbonyl (C=O) groups excluding carboxylic acids is 3. The van der Waals surface area contributed by atoms with Crippen LogP contribution in [0, 0.1) is 13.8 Å². The minimum Gasteiger partial charge on any atom is -0.444 e. The van der Waals surface area contributed by atoms with E-state index in [0.717, 1.165) is 25.9 Å². The molecule has 2 aliphatic rings. The van der Waals surface area contributed by atoms with Crippen molar-refractivity contribution in [2.45, 2.75) is 78.0 Å². The van der Waals surface area contributed by atoms with Gasteiger partial charge in [0.25, 0.3) is 11.8 Å². The number of aromatic nitrogens is 2. The topological polar surface area (TPSA) is 131 Å². The van der Waals surface area contributed by atoms with Crippen LogP contribution >= 0.6 is 58.8 Å². The van der Waals surface area contributed by atoms with Gasteiger partial charge in [-0.25, -0.2) is 4.79 Å². The van der Waals surface area contributed by atoms with E-state index in [9.17, 15) is 14.4 Å². The Balaban J connectivity index is 0.000000302. The van der Waals surface area contributed by atoms with E-state index < -0.39 is 5.60 Å². The molecule has 2 aliphatic heterocycles. The second-order valence-electron chi connectivity index (χ2n) is 11.2. The number of amides is 3. The Morgan fingerprint density at radius 3 is 1.52 bits per heavy atom. The van der Waals surface area contributed by atoms with Crippen molar-refractivity contribution in [1.29, 1.82) is 0 Å². The van der Waals surface area contributed by atoms with Gasteiger partial charge in [0, 0.05) is 36.6 Å². The largest absolute Gasteiger partial charge is 0.444 e. The zero-order valence-corrected chi connectivity index (χ0v) is 28.2. The summed E-state index contributed by atoms with van der Waals surface area (Å²) >= 11 is 24.0. The molecule has 3 amide bonds. The molecule has 10 nitrogen and oxygen atoms in total. The molecule has 4 heterocycles. The van der Waals surface area contributed by atoms with E-state index in [0.29, 0.717) is 58.1 Å². The van der Waals surface area contributed by atoms with E-state index in [1.165, 1.54) is 0 Å². The molecule has 2 aromatic heterocycles. The maximum atomic E-state index is 12.3. The first kappa shape index (κ1) is 36.4. The van der Waals surface area contributed by atoms with Crippen LogP contribution in [-0.2, 0) is 4.74 Å². The minimum atomic E-state index is -0.510. The number of carbonyl (C=O) groups is 3. The van der Waals surface area contributed by atoms with E-state index in [1.807, 2.05) is 20.8 Å². The van der Waals surface area contributed by atoms with Crippen molar-refractivity contribution in [3.63, 3.8) is 0 Å². The first-order valence-electron chi connectivity index (χ1n) is 13.6. The third-order valence-corrected chi connectivity index (χ3v) is 8.61. The van der Waals surface area contributed by atoms with Crippen LogP contribution in [0.2, 0.25) is 20.1 Å². The number of aryl methyl sites for hydroxylation is 2. The Morgan fingerprint density at radius 2 is 1.17 bits per heavy atom. The summed E-state index contributed by atoms with van der Waals surface area (Å²) in [6, 6.07) is 0.192. The van der Waals surface area contributed by atoms with Crippen molar-refractivity contribution < 1.29 is 19.1 Å². The Morgan fingerprint density at radius 1 is 0.762 bits per heavy atom. The third-order valence-electron chi connectivity index (χ3n) is 6.72. The number of nitrogens with one attached hydrogen (secondary N) is 5. The van der Waals surface area contributed by atoms with Gasteiger partial charge in [0.2, 0.25) is 0 Å². The number of ether oxygens (including phenoxy) is 1. The van der Waals surface area contributed by atoms with E-state index in [1.54, 1.807) is 18.7 Å². The molecule has 0 bridgehead atoms. The molecule has 0 atom stereocenters. The van der Waals surface area contributed by atoms with E-state index in [-0.39, 0.29) is 53.1 Å². The summed E-state index contributed by atoms with van der Waals surface area (Å²) in [6.45, 7) is 12.0. The summed E-state index contributed by atoms with van der Waals surface area (Å²) in [5, 5.41) is 10.5. The number of H-pyrrole nitrogens is 2. The molecule has 0 radical (unpaired) electrons. The minimum absolute atomic E-state index is 0. The molecule has 2 saturated heterocycles. The fraction of sp³-hybridized carbons (Fsp3) is 0.593. The van der Waals surface area contributed by atoms with Crippen molar-refractivity contribution >= 4 is 76.7 Å². The average Bonchev–Trinajstić information content (AvgIpc) is 3.33. The van der Waals surface area contributed by atoms with E-state index in [4.69, 9.17) is 51.1 Å². The van der Waals surface area contributed by atoms with Gasteiger partial charge in [-0.05, 0) is 73.4 Å². The van der Waals surface area contributed by atoms with Crippen molar-refractivity contribution in [2.75, 3.05) is 26.2 Å². The van der Waals surface area contributed by atoms with Crippen LogP contribution in [-0.4, -0.2) is 76.6 Å². The lowest BCUT2D eigenvalue weighted by Gasteiger charge is -2.33. The van der Waals surface area contributed by atoms with Crippen LogP contribution in [0.3, 0.4) is 0 Å². The number of nitrogens with zero attached hydrogens (tertiary/aromatic N) is 1. The van der Waals surface area contributed by atoms with Crippen LogP contribution in [0.15, 0.2) is 0 Å². The van der Waals surface area contributed by atoms with Gasteiger partial charge in [-0.1, -0.05) is 46.4 Å². The molecule has 4 rings (SSSR count). The van der Waals surface area contributed by atoms with Gasteiger partial charge in [0.15, 0.2) is 0 Å². The number of aromatic amines is 2. The number of halogens is 5. The van der Waals surface area contributed by atoms with Gasteiger partial charge >= 0.3 is 6.09 Å². The maximum absolute atomic E-state index is 12.3. The van der Waals surface area contributed by atoms with Crippen LogP contribution in [0.4, 0.5) is 4.79 Å². The molecule has 42 heavy (non-hydrogen) atoms. The van der Waals surface area contributed by atoms with Crippen LogP contribution in [0.25, 0.3) is 0 Å². The normalized spacial score (nSPS) is 16.2. The highest BCUT2D eigenvalue weighted by Gasteiger charge is 2.29. The summed E-state index contributed by atoms with van der Waals surface area (Å²) in [5.41, 5.74) is 1.49. The SMILES string of the molecule is Cc1[nH]c(C(=O)NC2CCN(C(=O)OC(C)(C)C)CC2)c(Cl)c1Cl.Cc1[nH]c(C(=O)NC2CCNCC2)c(Cl)c1Cl.Cl. The van der Waals surface area contributed by atoms with Crippen LogP contribution in [0.1, 0.15) is 78.8 Å². The number of hydrogen-bond acceptors (Lipinski definition) is 5. The van der Waals surface area contributed by atoms with Gasteiger partial charge in [-0.15, -0.1) is 12.4 Å². The molecule has 0 aromatic carbocycles. The molecule has 0 spiro atoms. The van der Waals surface area contributed by atoms with Crippen LogP contribution in [0.5, 0.6) is 0 Å². The molecule has 0 aliphatic carbocycles. The number of likely N-dealkylation sites (tertiary alicyclic amines) is 1. The van der Waals surface area contributed by atoms with Gasteiger partial charge in [-0.2, -0.15) is 0 Å². The maximum Gasteiger partial charge on any atom is 0.410 e. The molecule has 0 unspecified atom stereocenters. The molecule has 0 saturated carbocycles. The predicted molar refractivity (Wildman–Crippen MR) is 170 cm³/mol. The number of hydrogen-bond donors (Lipinski definition) is 5. The highest BCUT2D eigenvalue weighted by atomic mass is 35.5. The highest BCUT2D eigenvalue weighted by molar-refractivity contribution is 6.45. The highest BCUT2D eigenvalue weighted by Crippen LogP contribution is 2.30. The Bertz CT molecular complexity index is 1240. The van der Waals surface area contributed by atoms with Gasteiger partial charge in [-0.3, -0.25) is 9.59 Å². The summed E-state index contributed by atoms with van der Waals surface area (Å²) in [4.78, 5) is 43.8. The smallest absolute Gasteiger partial charge is 0.410 e. The summed E-state index contributed by atoms with van der Waals surface area (Å²) in [7, 11) is 0. The molecule has 236 valence electrons.